The number of rotatable bonds is 7. The predicted octanol–water partition coefficient (Wildman–Crippen LogP) is 3.19. The van der Waals surface area contributed by atoms with Gasteiger partial charge in [-0.25, -0.2) is 0 Å². The van der Waals surface area contributed by atoms with Gasteiger partial charge in [0.2, 0.25) is 0 Å². The topological polar surface area (TPSA) is 45.7 Å². The Bertz CT molecular complexity index is 502. The van der Waals surface area contributed by atoms with Gasteiger partial charge in [0.1, 0.15) is 0 Å². The summed E-state index contributed by atoms with van der Waals surface area (Å²) in [5.74, 6) is 0.548. The van der Waals surface area contributed by atoms with Crippen molar-refractivity contribution in [3.05, 3.63) is 35.4 Å². The summed E-state index contributed by atoms with van der Waals surface area (Å²) in [6, 6.07) is 5.24. The van der Waals surface area contributed by atoms with E-state index >= 15 is 0 Å². The van der Waals surface area contributed by atoms with Gasteiger partial charge in [-0.3, -0.25) is 4.99 Å². The van der Waals surface area contributed by atoms with Gasteiger partial charge in [0.15, 0.2) is 5.96 Å². The van der Waals surface area contributed by atoms with Crippen molar-refractivity contribution in [2.24, 2.45) is 4.99 Å². The summed E-state index contributed by atoms with van der Waals surface area (Å²) in [7, 11) is 1.62. The molecule has 0 aromatic heterocycles. The molecule has 0 spiro atoms. The molecule has 0 aliphatic heterocycles. The maximum atomic E-state index is 12.7. The van der Waals surface area contributed by atoms with E-state index in [1.807, 2.05) is 13.8 Å². The molecule has 0 aliphatic rings. The lowest BCUT2D eigenvalue weighted by molar-refractivity contribution is -0.137. The molecule has 0 unspecified atom stereocenters. The van der Waals surface area contributed by atoms with Gasteiger partial charge in [-0.1, -0.05) is 12.1 Å². The van der Waals surface area contributed by atoms with Gasteiger partial charge in [0.25, 0.3) is 0 Å². The van der Waals surface area contributed by atoms with E-state index < -0.39 is 11.7 Å². The summed E-state index contributed by atoms with van der Waals surface area (Å²) < 4.78 is 43.4. The van der Waals surface area contributed by atoms with Crippen molar-refractivity contribution < 1.29 is 17.9 Å². The highest BCUT2D eigenvalue weighted by atomic mass is 19.4. The number of hydrogen-bond acceptors (Lipinski definition) is 2. The molecule has 4 nitrogen and oxygen atoms in total. The summed E-state index contributed by atoms with van der Waals surface area (Å²) in [6.07, 6.45) is -3.30. The van der Waals surface area contributed by atoms with Crippen LogP contribution in [0.2, 0.25) is 0 Å². The Morgan fingerprint density at radius 1 is 1.26 bits per heavy atom. The third-order valence-electron chi connectivity index (χ3n) is 3.00. The molecule has 7 heteroatoms. The molecule has 0 bridgehead atoms. The Balaban J connectivity index is 2.40. The van der Waals surface area contributed by atoms with Gasteiger partial charge >= 0.3 is 6.18 Å². The van der Waals surface area contributed by atoms with E-state index in [1.54, 1.807) is 13.1 Å². The number of halogens is 3. The Labute approximate surface area is 135 Å². The SMILES string of the molecule is CN=C(NCCCOC(C)C)NCc1cccc(C(F)(F)F)c1. The minimum atomic E-state index is -4.33. The number of guanidine groups is 1. The van der Waals surface area contributed by atoms with Crippen LogP contribution >= 0.6 is 0 Å². The first kappa shape index (κ1) is 19.3. The van der Waals surface area contributed by atoms with Gasteiger partial charge in [-0.05, 0) is 38.0 Å². The summed E-state index contributed by atoms with van der Waals surface area (Å²) in [5.41, 5.74) is -0.100. The second-order valence-electron chi connectivity index (χ2n) is 5.32. The molecule has 1 aromatic rings. The summed E-state index contributed by atoms with van der Waals surface area (Å²) in [5, 5.41) is 6.09. The van der Waals surface area contributed by atoms with Gasteiger partial charge in [-0.2, -0.15) is 13.2 Å². The molecule has 2 N–H and O–H groups in total. The van der Waals surface area contributed by atoms with E-state index in [-0.39, 0.29) is 12.6 Å². The molecule has 1 rings (SSSR count). The van der Waals surface area contributed by atoms with Crippen LogP contribution in [0.4, 0.5) is 13.2 Å². The third kappa shape index (κ3) is 7.88. The normalized spacial score (nSPS) is 12.6. The largest absolute Gasteiger partial charge is 0.416 e. The molecule has 0 heterocycles. The minimum Gasteiger partial charge on any atom is -0.379 e. The highest BCUT2D eigenvalue weighted by Crippen LogP contribution is 2.29. The molecule has 0 amide bonds. The Morgan fingerprint density at radius 2 is 2.00 bits per heavy atom. The second kappa shape index (κ2) is 9.39. The zero-order valence-electron chi connectivity index (χ0n) is 13.7. The number of nitrogens with zero attached hydrogens (tertiary/aromatic N) is 1. The summed E-state index contributed by atoms with van der Waals surface area (Å²) >= 11 is 0. The molecule has 23 heavy (non-hydrogen) atoms. The third-order valence-corrected chi connectivity index (χ3v) is 3.00. The van der Waals surface area contributed by atoms with Crippen LogP contribution in [0.1, 0.15) is 31.4 Å². The van der Waals surface area contributed by atoms with E-state index in [0.29, 0.717) is 24.7 Å². The van der Waals surface area contributed by atoms with Crippen LogP contribution in [0.3, 0.4) is 0 Å². The number of aliphatic imine (C=N–C) groups is 1. The Hall–Kier alpha value is -1.76. The molecular formula is C16H24F3N3O. The fourth-order valence-electron chi connectivity index (χ4n) is 1.86. The Kier molecular flexibility index (Phi) is 7.88. The maximum absolute atomic E-state index is 12.7. The van der Waals surface area contributed by atoms with E-state index in [4.69, 9.17) is 4.74 Å². The van der Waals surface area contributed by atoms with Crippen molar-refractivity contribution in [2.75, 3.05) is 20.2 Å². The number of nitrogens with one attached hydrogen (secondary N) is 2. The van der Waals surface area contributed by atoms with Crippen molar-refractivity contribution >= 4 is 5.96 Å². The average Bonchev–Trinajstić information content (AvgIpc) is 2.49. The highest BCUT2D eigenvalue weighted by Gasteiger charge is 2.30. The van der Waals surface area contributed by atoms with Crippen LogP contribution < -0.4 is 10.6 Å². The predicted molar refractivity (Wildman–Crippen MR) is 85.4 cm³/mol. The van der Waals surface area contributed by atoms with E-state index in [9.17, 15) is 13.2 Å². The lowest BCUT2D eigenvalue weighted by atomic mass is 10.1. The second-order valence-corrected chi connectivity index (χ2v) is 5.32. The van der Waals surface area contributed by atoms with Gasteiger partial charge in [0.05, 0.1) is 11.7 Å². The first-order valence-electron chi connectivity index (χ1n) is 7.55. The van der Waals surface area contributed by atoms with Gasteiger partial charge in [-0.15, -0.1) is 0 Å². The van der Waals surface area contributed by atoms with Crippen LogP contribution in [-0.2, 0) is 17.5 Å². The smallest absolute Gasteiger partial charge is 0.379 e. The van der Waals surface area contributed by atoms with Crippen LogP contribution in [0.25, 0.3) is 0 Å². The molecule has 0 atom stereocenters. The number of benzene rings is 1. The molecule has 0 aliphatic carbocycles. The van der Waals surface area contributed by atoms with E-state index in [1.165, 1.54) is 6.07 Å². The fourth-order valence-corrected chi connectivity index (χ4v) is 1.86. The molecule has 1 aromatic carbocycles. The standard InChI is InChI=1S/C16H24F3N3O/c1-12(2)23-9-5-8-21-15(20-3)22-11-13-6-4-7-14(10-13)16(17,18)19/h4,6-7,10,12H,5,8-9,11H2,1-3H3,(H2,20,21,22). The van der Waals surface area contributed by atoms with E-state index in [0.717, 1.165) is 18.6 Å². The molecule has 0 saturated heterocycles. The van der Waals surface area contributed by atoms with Gasteiger partial charge in [0, 0.05) is 26.7 Å². The zero-order valence-corrected chi connectivity index (χ0v) is 13.7. The minimum absolute atomic E-state index is 0.202. The number of ether oxygens (including phenoxy) is 1. The number of alkyl halides is 3. The Morgan fingerprint density at radius 3 is 2.61 bits per heavy atom. The van der Waals surface area contributed by atoms with E-state index in [2.05, 4.69) is 15.6 Å². The monoisotopic (exact) mass is 331 g/mol. The number of hydrogen-bond donors (Lipinski definition) is 2. The van der Waals surface area contributed by atoms with Crippen molar-refractivity contribution in [1.82, 2.24) is 10.6 Å². The molecule has 130 valence electrons. The summed E-state index contributed by atoms with van der Waals surface area (Å²) in [6.45, 7) is 5.54. The fraction of sp³-hybridized carbons (Fsp3) is 0.562. The van der Waals surface area contributed by atoms with Crippen molar-refractivity contribution in [3.8, 4) is 0 Å². The summed E-state index contributed by atoms with van der Waals surface area (Å²) in [4.78, 5) is 4.04. The first-order valence-corrected chi connectivity index (χ1v) is 7.55. The average molecular weight is 331 g/mol. The molecule has 0 fully saturated rings. The van der Waals surface area contributed by atoms with Crippen LogP contribution in [0, 0.1) is 0 Å². The molecule has 0 radical (unpaired) electrons. The van der Waals surface area contributed by atoms with Crippen LogP contribution in [-0.4, -0.2) is 32.3 Å². The highest BCUT2D eigenvalue weighted by molar-refractivity contribution is 5.79. The van der Waals surface area contributed by atoms with Crippen molar-refractivity contribution in [2.45, 2.75) is 39.1 Å². The zero-order chi connectivity index (χ0) is 17.3. The molecule has 0 saturated carbocycles. The van der Waals surface area contributed by atoms with Gasteiger partial charge < -0.3 is 15.4 Å². The lowest BCUT2D eigenvalue weighted by Gasteiger charge is -2.13. The quantitative estimate of drug-likeness (QED) is 0.458. The lowest BCUT2D eigenvalue weighted by Crippen LogP contribution is -2.37. The van der Waals surface area contributed by atoms with Crippen molar-refractivity contribution in [1.29, 1.82) is 0 Å². The maximum Gasteiger partial charge on any atom is 0.416 e. The van der Waals surface area contributed by atoms with Crippen molar-refractivity contribution in [3.63, 3.8) is 0 Å². The molecular weight excluding hydrogens is 307 g/mol. The van der Waals surface area contributed by atoms with Crippen LogP contribution in [0.5, 0.6) is 0 Å². The first-order chi connectivity index (χ1) is 10.8. The van der Waals surface area contributed by atoms with Crippen LogP contribution in [0.15, 0.2) is 29.3 Å².